The number of sulfonamides is 1. The van der Waals surface area contributed by atoms with Crippen molar-refractivity contribution in [2.75, 3.05) is 32.4 Å². The molecule has 2 aromatic rings. The highest BCUT2D eigenvalue weighted by molar-refractivity contribution is 7.88. The van der Waals surface area contributed by atoms with Gasteiger partial charge in [-0.1, -0.05) is 59.6 Å². The molecule has 4 nitrogen and oxygen atoms in total. The SMILES string of the molecule is CS(=O)(=O)N1CC=C(c2ccc(Cl)cc2)CC1.Clc1ccc(C2=CCNCC2)cc1. The smallest absolute Gasteiger partial charge is 0.211 e. The molecular weight excluding hydrogens is 439 g/mol. The average Bonchev–Trinajstić information content (AvgIpc) is 2.75. The molecule has 2 aliphatic rings. The van der Waals surface area contributed by atoms with E-state index < -0.39 is 10.0 Å². The van der Waals surface area contributed by atoms with E-state index in [1.807, 2.05) is 42.5 Å². The molecule has 0 saturated carbocycles. The van der Waals surface area contributed by atoms with Crippen LogP contribution in [-0.2, 0) is 10.0 Å². The molecule has 0 radical (unpaired) electrons. The molecule has 0 atom stereocenters. The molecule has 0 aromatic heterocycles. The third-order valence-electron chi connectivity index (χ3n) is 5.13. The molecule has 0 amide bonds. The van der Waals surface area contributed by atoms with E-state index in [0.29, 0.717) is 18.1 Å². The first-order valence-electron chi connectivity index (χ1n) is 9.89. The molecule has 0 aliphatic carbocycles. The number of hydrogen-bond acceptors (Lipinski definition) is 3. The van der Waals surface area contributed by atoms with Crippen molar-refractivity contribution in [3.05, 3.63) is 81.9 Å². The van der Waals surface area contributed by atoms with Crippen LogP contribution in [0.3, 0.4) is 0 Å². The Morgan fingerprint density at radius 2 is 1.37 bits per heavy atom. The highest BCUT2D eigenvalue weighted by Crippen LogP contribution is 2.24. The van der Waals surface area contributed by atoms with Crippen molar-refractivity contribution in [3.8, 4) is 0 Å². The molecule has 0 fully saturated rings. The zero-order valence-corrected chi connectivity index (χ0v) is 19.3. The Morgan fingerprint density at radius 3 is 1.77 bits per heavy atom. The van der Waals surface area contributed by atoms with E-state index in [4.69, 9.17) is 23.2 Å². The van der Waals surface area contributed by atoms with Crippen LogP contribution in [0.4, 0.5) is 0 Å². The van der Waals surface area contributed by atoms with Gasteiger partial charge in [-0.2, -0.15) is 4.31 Å². The summed E-state index contributed by atoms with van der Waals surface area (Å²) in [4.78, 5) is 0. The van der Waals surface area contributed by atoms with Crippen LogP contribution < -0.4 is 5.32 Å². The van der Waals surface area contributed by atoms with Gasteiger partial charge in [0.15, 0.2) is 0 Å². The van der Waals surface area contributed by atoms with Gasteiger partial charge in [0.2, 0.25) is 10.0 Å². The van der Waals surface area contributed by atoms with Crippen molar-refractivity contribution >= 4 is 44.4 Å². The van der Waals surface area contributed by atoms with Crippen LogP contribution >= 0.6 is 23.2 Å². The second kappa shape index (κ2) is 10.6. The zero-order valence-electron chi connectivity index (χ0n) is 16.9. The lowest BCUT2D eigenvalue weighted by Crippen LogP contribution is -2.33. The second-order valence-electron chi connectivity index (χ2n) is 7.30. The summed E-state index contributed by atoms with van der Waals surface area (Å²) in [6, 6.07) is 15.7. The maximum Gasteiger partial charge on any atom is 0.211 e. The lowest BCUT2D eigenvalue weighted by atomic mass is 10.0. The summed E-state index contributed by atoms with van der Waals surface area (Å²) < 4.78 is 24.2. The largest absolute Gasteiger partial charge is 0.313 e. The van der Waals surface area contributed by atoms with E-state index in [1.54, 1.807) is 0 Å². The summed E-state index contributed by atoms with van der Waals surface area (Å²) in [7, 11) is -3.07. The quantitative estimate of drug-likeness (QED) is 0.686. The monoisotopic (exact) mass is 464 g/mol. The summed E-state index contributed by atoms with van der Waals surface area (Å²) in [5.41, 5.74) is 5.02. The average molecular weight is 465 g/mol. The lowest BCUT2D eigenvalue weighted by molar-refractivity contribution is 0.446. The van der Waals surface area contributed by atoms with Crippen LogP contribution in [0.2, 0.25) is 10.0 Å². The molecule has 0 unspecified atom stereocenters. The third kappa shape index (κ3) is 6.69. The van der Waals surface area contributed by atoms with Crippen LogP contribution in [-0.4, -0.2) is 45.2 Å². The highest BCUT2D eigenvalue weighted by Gasteiger charge is 2.19. The Bertz CT molecular complexity index is 1010. The number of nitrogens with one attached hydrogen (secondary N) is 1. The van der Waals surface area contributed by atoms with Gasteiger partial charge in [-0.3, -0.25) is 0 Å². The molecular formula is C23H26Cl2N2O2S. The van der Waals surface area contributed by atoms with Crippen molar-refractivity contribution < 1.29 is 8.42 Å². The Kier molecular flexibility index (Phi) is 8.14. The lowest BCUT2D eigenvalue weighted by Gasteiger charge is -2.24. The first kappa shape index (κ1) is 23.0. The van der Waals surface area contributed by atoms with Gasteiger partial charge in [0, 0.05) is 29.7 Å². The minimum atomic E-state index is -3.07. The van der Waals surface area contributed by atoms with Gasteiger partial charge in [0.1, 0.15) is 0 Å². The van der Waals surface area contributed by atoms with Crippen molar-refractivity contribution in [2.45, 2.75) is 12.8 Å². The summed E-state index contributed by atoms with van der Waals surface area (Å²) in [6.07, 6.45) is 7.31. The van der Waals surface area contributed by atoms with Crippen molar-refractivity contribution in [1.82, 2.24) is 9.62 Å². The first-order valence-corrected chi connectivity index (χ1v) is 12.5. The summed E-state index contributed by atoms with van der Waals surface area (Å²) in [6.45, 7) is 3.07. The summed E-state index contributed by atoms with van der Waals surface area (Å²) in [5, 5.41) is 4.81. The molecule has 7 heteroatoms. The van der Waals surface area contributed by atoms with E-state index in [9.17, 15) is 8.42 Å². The van der Waals surface area contributed by atoms with Crippen molar-refractivity contribution in [3.63, 3.8) is 0 Å². The molecule has 160 valence electrons. The summed E-state index contributed by atoms with van der Waals surface area (Å²) in [5.74, 6) is 0. The predicted octanol–water partition coefficient (Wildman–Crippen LogP) is 5.11. The third-order valence-corrected chi connectivity index (χ3v) is 6.91. The topological polar surface area (TPSA) is 49.4 Å². The van der Waals surface area contributed by atoms with E-state index in [0.717, 1.165) is 36.5 Å². The number of halogens is 2. The molecule has 2 heterocycles. The number of rotatable bonds is 3. The molecule has 4 rings (SSSR count). The molecule has 0 bridgehead atoms. The second-order valence-corrected chi connectivity index (χ2v) is 10.2. The van der Waals surface area contributed by atoms with Crippen LogP contribution in [0.5, 0.6) is 0 Å². The summed E-state index contributed by atoms with van der Waals surface area (Å²) >= 11 is 11.6. The van der Waals surface area contributed by atoms with Gasteiger partial charge in [0.25, 0.3) is 0 Å². The fourth-order valence-corrected chi connectivity index (χ4v) is 4.45. The van der Waals surface area contributed by atoms with E-state index >= 15 is 0 Å². The Labute approximate surface area is 189 Å². The van der Waals surface area contributed by atoms with Crippen LogP contribution in [0.15, 0.2) is 60.7 Å². The highest BCUT2D eigenvalue weighted by atomic mass is 35.5. The molecule has 30 heavy (non-hydrogen) atoms. The van der Waals surface area contributed by atoms with Gasteiger partial charge in [-0.15, -0.1) is 0 Å². The van der Waals surface area contributed by atoms with E-state index in [2.05, 4.69) is 23.5 Å². The number of nitrogens with zero attached hydrogens (tertiary/aromatic N) is 1. The Balaban J connectivity index is 0.000000177. The van der Waals surface area contributed by atoms with Gasteiger partial charge in [-0.05, 0) is 65.9 Å². The van der Waals surface area contributed by atoms with Gasteiger partial charge < -0.3 is 5.32 Å². The van der Waals surface area contributed by atoms with Gasteiger partial charge in [0.05, 0.1) is 6.26 Å². The van der Waals surface area contributed by atoms with E-state index in [1.165, 1.54) is 27.3 Å². The van der Waals surface area contributed by atoms with Crippen molar-refractivity contribution in [2.24, 2.45) is 0 Å². The molecule has 1 N–H and O–H groups in total. The van der Waals surface area contributed by atoms with Crippen LogP contribution in [0.1, 0.15) is 24.0 Å². The van der Waals surface area contributed by atoms with Crippen LogP contribution in [0, 0.1) is 0 Å². The normalized spacial score (nSPS) is 17.4. The minimum Gasteiger partial charge on any atom is -0.313 e. The first-order chi connectivity index (χ1) is 14.3. The standard InChI is InChI=1S/C12H14ClNO2S.C11H12ClN/c1-17(15,16)14-8-6-11(7-9-14)10-2-4-12(13)5-3-10;12-11-3-1-9(2-4-11)10-5-7-13-8-6-10/h2-6H,7-9H2,1H3;1-5,13H,6-8H2. The molecule has 2 aromatic carbocycles. The van der Waals surface area contributed by atoms with E-state index in [-0.39, 0.29) is 0 Å². The number of benzene rings is 2. The van der Waals surface area contributed by atoms with Gasteiger partial charge >= 0.3 is 0 Å². The number of hydrogen-bond donors (Lipinski definition) is 1. The zero-order chi connectivity index (χ0) is 21.6. The van der Waals surface area contributed by atoms with Crippen molar-refractivity contribution in [1.29, 1.82) is 0 Å². The molecule has 2 aliphatic heterocycles. The maximum absolute atomic E-state index is 11.4. The Morgan fingerprint density at radius 1 is 0.833 bits per heavy atom. The van der Waals surface area contributed by atoms with Crippen LogP contribution in [0.25, 0.3) is 11.1 Å². The predicted molar refractivity (Wildman–Crippen MR) is 127 cm³/mol. The molecule has 0 saturated heterocycles. The minimum absolute atomic E-state index is 0.455. The molecule has 0 spiro atoms. The Hall–Kier alpha value is -1.63. The maximum atomic E-state index is 11.4. The van der Waals surface area contributed by atoms with Gasteiger partial charge in [-0.25, -0.2) is 8.42 Å². The fourth-order valence-electron chi connectivity index (χ4n) is 3.43. The fraction of sp³-hybridized carbons (Fsp3) is 0.304.